The molecule has 2 aliphatic rings. The Labute approximate surface area is 99.2 Å². The average Bonchev–Trinajstić information content (AvgIpc) is 2.17. The van der Waals surface area contributed by atoms with E-state index < -0.39 is 0 Å². The lowest BCUT2D eigenvalue weighted by molar-refractivity contribution is 0.294. The molecule has 16 heavy (non-hydrogen) atoms. The molecule has 0 aromatic rings. The van der Waals surface area contributed by atoms with E-state index in [1.807, 2.05) is 20.5 Å². The first-order chi connectivity index (χ1) is 7.58. The molecule has 82 valence electrons. The van der Waals surface area contributed by atoms with Gasteiger partial charge in [-0.2, -0.15) is 0 Å². The largest absolute Gasteiger partial charge is 0.458 e. The summed E-state index contributed by atoms with van der Waals surface area (Å²) in [4.78, 5) is 0. The van der Waals surface area contributed by atoms with Gasteiger partial charge < -0.3 is 27.4 Å². The fourth-order valence-corrected chi connectivity index (χ4v) is 1.18. The van der Waals surface area contributed by atoms with Gasteiger partial charge in [-0.05, 0) is 27.3 Å². The second-order valence-corrected chi connectivity index (χ2v) is 3.28. The van der Waals surface area contributed by atoms with Gasteiger partial charge in [-0.25, -0.2) is 0 Å². The van der Waals surface area contributed by atoms with Crippen molar-refractivity contribution in [2.75, 3.05) is 0 Å². The van der Waals surface area contributed by atoms with Gasteiger partial charge in [-0.3, -0.25) is 0 Å². The Kier molecular flexibility index (Phi) is 6.64. The van der Waals surface area contributed by atoms with E-state index in [0.29, 0.717) is 0 Å². The van der Waals surface area contributed by atoms with Crippen molar-refractivity contribution in [3.63, 3.8) is 0 Å². The van der Waals surface area contributed by atoms with Gasteiger partial charge in [0.15, 0.2) is 0 Å². The van der Waals surface area contributed by atoms with Gasteiger partial charge in [0, 0.05) is 0 Å². The van der Waals surface area contributed by atoms with E-state index in [1.165, 1.54) is 15.4 Å². The van der Waals surface area contributed by atoms with Crippen LogP contribution in [0.4, 0.5) is 0 Å². The lowest BCUT2D eigenvalue weighted by atomic mass is 9.74. The Morgan fingerprint density at radius 1 is 0.625 bits per heavy atom. The third-order valence-electron chi connectivity index (χ3n) is 1.76. The first kappa shape index (κ1) is 14.2. The molecule has 2 heterocycles. The molecule has 0 N–H and O–H groups in total. The van der Waals surface area contributed by atoms with Crippen LogP contribution in [0.1, 0.15) is 0 Å². The van der Waals surface area contributed by atoms with Crippen LogP contribution < -0.4 is 0 Å². The minimum absolute atomic E-state index is 0.135. The summed E-state index contributed by atoms with van der Waals surface area (Å²) in [6.45, 7) is 7.34. The van der Waals surface area contributed by atoms with E-state index in [2.05, 4.69) is 13.7 Å². The molecule has 2 aliphatic heterocycles. The quantitative estimate of drug-likeness (QED) is 0.520. The third-order valence-corrected chi connectivity index (χ3v) is 1.76. The molecule has 0 atom stereocenters. The standard InChI is InChI=1S/C3H9B3O3.CH3B3O3/c1-4-7-5(2)9-6(3)8-4;1-4-6-2-5-3-7-4/h1-3H3;1H3. The molecule has 12 heteroatoms. The highest BCUT2D eigenvalue weighted by molar-refractivity contribution is 6.72. The van der Waals surface area contributed by atoms with Gasteiger partial charge in [-0.1, -0.05) is 0 Å². The van der Waals surface area contributed by atoms with E-state index in [4.69, 9.17) is 13.7 Å². The second kappa shape index (κ2) is 7.47. The zero-order valence-corrected chi connectivity index (χ0v) is 9.91. The normalized spacial score (nSPS) is 20.8. The molecule has 0 amide bonds. The van der Waals surface area contributed by atoms with Crippen molar-refractivity contribution >= 4 is 43.8 Å². The first-order valence-electron chi connectivity index (χ1n) is 5.14. The molecule has 0 aromatic heterocycles. The van der Waals surface area contributed by atoms with E-state index in [-0.39, 0.29) is 28.5 Å². The Morgan fingerprint density at radius 3 is 1.25 bits per heavy atom. The maximum atomic E-state index is 5.11. The van der Waals surface area contributed by atoms with Crippen molar-refractivity contribution in [3.8, 4) is 0 Å². The van der Waals surface area contributed by atoms with E-state index in [1.54, 1.807) is 6.82 Å². The van der Waals surface area contributed by atoms with Gasteiger partial charge in [-0.15, -0.1) is 0 Å². The second-order valence-electron chi connectivity index (χ2n) is 3.28. The highest BCUT2D eigenvalue weighted by atomic mass is 16.7. The predicted octanol–water partition coefficient (Wildman–Crippen LogP) is -0.360. The smallest absolute Gasteiger partial charge is 0.457 e. The maximum absolute atomic E-state index is 5.11. The zero-order valence-electron chi connectivity index (χ0n) is 9.91. The van der Waals surface area contributed by atoms with Gasteiger partial charge in [0.05, 0.1) is 0 Å². The summed E-state index contributed by atoms with van der Waals surface area (Å²) < 4.78 is 29.1. The molecule has 2 rings (SSSR count). The molecule has 6 nitrogen and oxygen atoms in total. The molecule has 0 spiro atoms. The summed E-state index contributed by atoms with van der Waals surface area (Å²) in [7, 11) is 1.85. The van der Waals surface area contributed by atoms with Crippen LogP contribution in [0.25, 0.3) is 0 Å². The summed E-state index contributed by atoms with van der Waals surface area (Å²) in [6, 6.07) is 0. The third kappa shape index (κ3) is 6.03. The van der Waals surface area contributed by atoms with Crippen molar-refractivity contribution in [1.29, 1.82) is 0 Å². The predicted molar refractivity (Wildman–Crippen MR) is 64.5 cm³/mol. The van der Waals surface area contributed by atoms with Crippen molar-refractivity contribution in [2.45, 2.75) is 27.3 Å². The molecule has 2 radical (unpaired) electrons. The van der Waals surface area contributed by atoms with Crippen molar-refractivity contribution < 1.29 is 27.4 Å². The SMILES string of the molecule is CB1OB(C)OB(C)O1.CB1O[B]O[B]O1. The lowest BCUT2D eigenvalue weighted by Crippen LogP contribution is -2.44. The van der Waals surface area contributed by atoms with Crippen LogP contribution in [0.2, 0.25) is 27.3 Å². The molecule has 0 saturated carbocycles. The zero-order chi connectivity index (χ0) is 12.0. The van der Waals surface area contributed by atoms with E-state index >= 15 is 0 Å². The first-order valence-corrected chi connectivity index (χ1v) is 5.14. The summed E-state index contributed by atoms with van der Waals surface area (Å²) in [5, 5.41) is 0. The Balaban J connectivity index is 0.000000165. The van der Waals surface area contributed by atoms with E-state index in [0.717, 1.165) is 0 Å². The Hall–Kier alpha value is 0.150. The van der Waals surface area contributed by atoms with Crippen molar-refractivity contribution in [3.05, 3.63) is 0 Å². The molecule has 2 fully saturated rings. The van der Waals surface area contributed by atoms with Crippen molar-refractivity contribution in [2.24, 2.45) is 0 Å². The highest BCUT2D eigenvalue weighted by Crippen LogP contribution is 2.06. The van der Waals surface area contributed by atoms with Crippen LogP contribution in [0.3, 0.4) is 0 Å². The van der Waals surface area contributed by atoms with Crippen LogP contribution in [-0.4, -0.2) is 43.8 Å². The molecule has 0 aromatic carbocycles. The summed E-state index contributed by atoms with van der Waals surface area (Å²) >= 11 is 0. The topological polar surface area (TPSA) is 55.4 Å². The highest BCUT2D eigenvalue weighted by Gasteiger charge is 2.31. The summed E-state index contributed by atoms with van der Waals surface area (Å²) in [5.74, 6) is 0. The summed E-state index contributed by atoms with van der Waals surface area (Å²) in [6.07, 6.45) is 0. The molecule has 2 saturated heterocycles. The van der Waals surface area contributed by atoms with Gasteiger partial charge in [0.25, 0.3) is 0 Å². The summed E-state index contributed by atoms with van der Waals surface area (Å²) in [5.41, 5.74) is 0. The number of hydrogen-bond acceptors (Lipinski definition) is 6. The minimum atomic E-state index is -0.200. The maximum Gasteiger partial charge on any atom is 0.458 e. The Morgan fingerprint density at radius 2 is 1.00 bits per heavy atom. The number of rotatable bonds is 0. The van der Waals surface area contributed by atoms with Gasteiger partial charge >= 0.3 is 43.8 Å². The number of hydrogen-bond donors (Lipinski definition) is 0. The van der Waals surface area contributed by atoms with Crippen LogP contribution >= 0.6 is 0 Å². The Bertz CT molecular complexity index is 167. The van der Waals surface area contributed by atoms with Crippen molar-refractivity contribution in [1.82, 2.24) is 0 Å². The average molecular weight is 221 g/mol. The van der Waals surface area contributed by atoms with Crippen LogP contribution in [0.15, 0.2) is 0 Å². The molecule has 0 bridgehead atoms. The van der Waals surface area contributed by atoms with Crippen LogP contribution in [-0.2, 0) is 27.4 Å². The fraction of sp³-hybridized carbons (Fsp3) is 1.00. The molecule has 0 aliphatic carbocycles. The molecular formula is C4H12B6O6. The molecular weight excluding hydrogens is 209 g/mol. The van der Waals surface area contributed by atoms with Crippen LogP contribution in [0.5, 0.6) is 0 Å². The monoisotopic (exact) mass is 222 g/mol. The van der Waals surface area contributed by atoms with Gasteiger partial charge in [0.2, 0.25) is 0 Å². The lowest BCUT2D eigenvalue weighted by Gasteiger charge is -2.25. The van der Waals surface area contributed by atoms with Crippen LogP contribution in [0, 0.1) is 0 Å². The van der Waals surface area contributed by atoms with E-state index in [9.17, 15) is 0 Å². The molecule has 0 unspecified atom stereocenters. The fourth-order valence-electron chi connectivity index (χ4n) is 1.18. The van der Waals surface area contributed by atoms with Gasteiger partial charge in [0.1, 0.15) is 0 Å². The minimum Gasteiger partial charge on any atom is -0.457 e.